The molecule has 0 saturated heterocycles. The lowest BCUT2D eigenvalue weighted by Crippen LogP contribution is -2.41. The molecule has 4 heteroatoms. The fourth-order valence-corrected chi connectivity index (χ4v) is 3.16. The number of aliphatic hydroxyl groups excluding tert-OH is 1. The summed E-state index contributed by atoms with van der Waals surface area (Å²) in [5, 5.41) is 12.0. The summed E-state index contributed by atoms with van der Waals surface area (Å²) in [7, 11) is 0. The molecule has 0 spiro atoms. The maximum absolute atomic E-state index is 12.0. The van der Waals surface area contributed by atoms with Crippen LogP contribution in [0.15, 0.2) is 24.3 Å². The van der Waals surface area contributed by atoms with Gasteiger partial charge in [-0.2, -0.15) is 0 Å². The second kappa shape index (κ2) is 8.15. The monoisotopic (exact) mass is 290 g/mol. The number of hydrogen-bond acceptors (Lipinski definition) is 3. The van der Waals surface area contributed by atoms with Gasteiger partial charge >= 0.3 is 0 Å². The minimum absolute atomic E-state index is 0.0681. The summed E-state index contributed by atoms with van der Waals surface area (Å²) >= 11 is 0. The van der Waals surface area contributed by atoms with Gasteiger partial charge in [-0.3, -0.25) is 9.69 Å². The standard InChI is InChI=1S/C17H26N2O2/c1-2-18-17(21)13-19(11-6-12-20)16-10-5-8-14-7-3-4-9-15(14)16/h3-4,7,9,16,20H,2,5-6,8,10-13H2,1H3,(H,18,21). The molecule has 1 amide bonds. The number of likely N-dealkylation sites (N-methyl/N-ethyl adjacent to an activating group) is 1. The van der Waals surface area contributed by atoms with E-state index in [0.717, 1.165) is 25.8 Å². The van der Waals surface area contributed by atoms with Crippen LogP contribution in [0.5, 0.6) is 0 Å². The number of carbonyl (C=O) groups is 1. The summed E-state index contributed by atoms with van der Waals surface area (Å²) in [4.78, 5) is 14.2. The van der Waals surface area contributed by atoms with Crippen molar-refractivity contribution in [2.24, 2.45) is 0 Å². The predicted octanol–water partition coefficient (Wildman–Crippen LogP) is 1.88. The highest BCUT2D eigenvalue weighted by Gasteiger charge is 2.26. The van der Waals surface area contributed by atoms with Crippen molar-refractivity contribution in [3.8, 4) is 0 Å². The fourth-order valence-electron chi connectivity index (χ4n) is 3.16. The van der Waals surface area contributed by atoms with Crippen molar-refractivity contribution < 1.29 is 9.90 Å². The molecular formula is C17H26N2O2. The van der Waals surface area contributed by atoms with Crippen molar-refractivity contribution in [3.63, 3.8) is 0 Å². The quantitative estimate of drug-likeness (QED) is 0.806. The number of aryl methyl sites for hydroxylation is 1. The van der Waals surface area contributed by atoms with E-state index < -0.39 is 0 Å². The number of nitrogens with zero attached hydrogens (tertiary/aromatic N) is 1. The molecule has 2 N–H and O–H groups in total. The lowest BCUT2D eigenvalue weighted by Gasteiger charge is -2.35. The molecule has 0 heterocycles. The Balaban J connectivity index is 2.14. The molecule has 1 aliphatic carbocycles. The first-order valence-electron chi connectivity index (χ1n) is 7.95. The summed E-state index contributed by atoms with van der Waals surface area (Å²) < 4.78 is 0. The van der Waals surface area contributed by atoms with Gasteiger partial charge in [-0.25, -0.2) is 0 Å². The maximum Gasteiger partial charge on any atom is 0.234 e. The van der Waals surface area contributed by atoms with Gasteiger partial charge in [0.1, 0.15) is 0 Å². The topological polar surface area (TPSA) is 52.6 Å². The van der Waals surface area contributed by atoms with E-state index >= 15 is 0 Å². The van der Waals surface area contributed by atoms with Crippen LogP contribution in [0.25, 0.3) is 0 Å². The van der Waals surface area contributed by atoms with Crippen LogP contribution < -0.4 is 5.32 Å². The second-order valence-corrected chi connectivity index (χ2v) is 5.61. The summed E-state index contributed by atoms with van der Waals surface area (Å²) in [5.74, 6) is 0.0681. The third-order valence-electron chi connectivity index (χ3n) is 4.10. The Kier molecular flexibility index (Phi) is 6.21. The van der Waals surface area contributed by atoms with Crippen LogP contribution >= 0.6 is 0 Å². The number of aliphatic hydroxyl groups is 1. The van der Waals surface area contributed by atoms with Gasteiger partial charge in [-0.05, 0) is 43.7 Å². The molecule has 21 heavy (non-hydrogen) atoms. The number of amides is 1. The van der Waals surface area contributed by atoms with Crippen LogP contribution in [-0.4, -0.2) is 42.2 Å². The molecule has 0 saturated carbocycles. The zero-order valence-corrected chi connectivity index (χ0v) is 12.8. The molecule has 1 aromatic carbocycles. The van der Waals surface area contributed by atoms with Crippen molar-refractivity contribution in [2.45, 2.75) is 38.6 Å². The Morgan fingerprint density at radius 3 is 3.00 bits per heavy atom. The molecule has 1 aliphatic rings. The van der Waals surface area contributed by atoms with Crippen molar-refractivity contribution in [1.29, 1.82) is 0 Å². The highest BCUT2D eigenvalue weighted by molar-refractivity contribution is 5.78. The molecule has 116 valence electrons. The largest absolute Gasteiger partial charge is 0.396 e. The molecule has 0 aromatic heterocycles. The molecule has 2 rings (SSSR count). The number of rotatable bonds is 7. The third-order valence-corrected chi connectivity index (χ3v) is 4.10. The second-order valence-electron chi connectivity index (χ2n) is 5.61. The molecular weight excluding hydrogens is 264 g/mol. The van der Waals surface area contributed by atoms with Crippen molar-refractivity contribution >= 4 is 5.91 Å². The van der Waals surface area contributed by atoms with Gasteiger partial charge < -0.3 is 10.4 Å². The molecule has 4 nitrogen and oxygen atoms in total. The first kappa shape index (κ1) is 16.0. The van der Waals surface area contributed by atoms with Crippen LogP contribution in [0, 0.1) is 0 Å². The molecule has 1 atom stereocenters. The van der Waals surface area contributed by atoms with Gasteiger partial charge in [0.05, 0.1) is 6.54 Å². The van der Waals surface area contributed by atoms with Crippen LogP contribution in [-0.2, 0) is 11.2 Å². The summed E-state index contributed by atoms with van der Waals surface area (Å²) in [6, 6.07) is 8.83. The maximum atomic E-state index is 12.0. The van der Waals surface area contributed by atoms with Crippen molar-refractivity contribution in [2.75, 3.05) is 26.2 Å². The highest BCUT2D eigenvalue weighted by atomic mass is 16.3. The normalized spacial score (nSPS) is 17.6. The van der Waals surface area contributed by atoms with E-state index in [1.54, 1.807) is 0 Å². The summed E-state index contributed by atoms with van der Waals surface area (Å²) in [6.45, 7) is 3.93. The number of benzene rings is 1. The van der Waals surface area contributed by atoms with E-state index in [-0.39, 0.29) is 12.5 Å². The molecule has 0 bridgehead atoms. The first-order valence-corrected chi connectivity index (χ1v) is 7.95. The molecule has 0 fully saturated rings. The van der Waals surface area contributed by atoms with Crippen molar-refractivity contribution in [3.05, 3.63) is 35.4 Å². The summed E-state index contributed by atoms with van der Waals surface area (Å²) in [6.07, 6.45) is 4.08. The van der Waals surface area contributed by atoms with E-state index in [0.29, 0.717) is 25.6 Å². The Morgan fingerprint density at radius 1 is 1.43 bits per heavy atom. The Morgan fingerprint density at radius 2 is 2.24 bits per heavy atom. The average Bonchev–Trinajstić information content (AvgIpc) is 2.51. The molecule has 1 aromatic rings. The Bertz CT molecular complexity index is 462. The lowest BCUT2D eigenvalue weighted by atomic mass is 9.86. The van der Waals surface area contributed by atoms with E-state index in [9.17, 15) is 4.79 Å². The van der Waals surface area contributed by atoms with Gasteiger partial charge in [-0.1, -0.05) is 24.3 Å². The first-order chi connectivity index (χ1) is 10.3. The van der Waals surface area contributed by atoms with Crippen LogP contribution in [0.2, 0.25) is 0 Å². The SMILES string of the molecule is CCNC(=O)CN(CCCO)C1CCCc2ccccc21. The van der Waals surface area contributed by atoms with Crippen LogP contribution in [0.4, 0.5) is 0 Å². The van der Waals surface area contributed by atoms with Crippen LogP contribution in [0.1, 0.15) is 43.4 Å². The zero-order chi connectivity index (χ0) is 15.1. The minimum Gasteiger partial charge on any atom is -0.396 e. The molecule has 1 unspecified atom stereocenters. The Hall–Kier alpha value is -1.39. The molecule has 0 aliphatic heterocycles. The van der Waals surface area contributed by atoms with Gasteiger partial charge in [0, 0.05) is 25.7 Å². The number of carbonyl (C=O) groups excluding carboxylic acids is 1. The van der Waals surface area contributed by atoms with Crippen LogP contribution in [0.3, 0.4) is 0 Å². The average molecular weight is 290 g/mol. The summed E-state index contributed by atoms with van der Waals surface area (Å²) in [5.41, 5.74) is 2.75. The van der Waals surface area contributed by atoms with Gasteiger partial charge in [0.2, 0.25) is 5.91 Å². The number of nitrogens with one attached hydrogen (secondary N) is 1. The smallest absolute Gasteiger partial charge is 0.234 e. The number of fused-ring (bicyclic) bond motifs is 1. The van der Waals surface area contributed by atoms with Crippen molar-refractivity contribution in [1.82, 2.24) is 10.2 Å². The predicted molar refractivity (Wildman–Crippen MR) is 84.1 cm³/mol. The van der Waals surface area contributed by atoms with E-state index in [2.05, 4.69) is 34.5 Å². The van der Waals surface area contributed by atoms with E-state index in [4.69, 9.17) is 5.11 Å². The fraction of sp³-hybridized carbons (Fsp3) is 0.588. The Labute approximate surface area is 127 Å². The third kappa shape index (κ3) is 4.29. The number of hydrogen-bond donors (Lipinski definition) is 2. The highest BCUT2D eigenvalue weighted by Crippen LogP contribution is 2.34. The zero-order valence-electron chi connectivity index (χ0n) is 12.8. The molecule has 0 radical (unpaired) electrons. The van der Waals surface area contributed by atoms with Gasteiger partial charge in [0.15, 0.2) is 0 Å². The minimum atomic E-state index is 0.0681. The van der Waals surface area contributed by atoms with E-state index in [1.807, 2.05) is 6.92 Å². The van der Waals surface area contributed by atoms with E-state index in [1.165, 1.54) is 11.1 Å². The van der Waals surface area contributed by atoms with Gasteiger partial charge in [-0.15, -0.1) is 0 Å². The lowest BCUT2D eigenvalue weighted by molar-refractivity contribution is -0.122. The van der Waals surface area contributed by atoms with Gasteiger partial charge in [0.25, 0.3) is 0 Å².